The maximum atomic E-state index is 12.3. The van der Waals surface area contributed by atoms with Gasteiger partial charge in [-0.2, -0.15) is 18.2 Å². The second-order valence-corrected chi connectivity index (χ2v) is 5.51. The summed E-state index contributed by atoms with van der Waals surface area (Å²) < 4.78 is 41.9. The molecule has 1 aromatic heterocycles. The van der Waals surface area contributed by atoms with Crippen molar-refractivity contribution in [3.05, 3.63) is 11.7 Å². The molecule has 7 heteroatoms. The van der Waals surface area contributed by atoms with Crippen molar-refractivity contribution in [1.82, 2.24) is 10.1 Å². The molecule has 1 saturated carbocycles. The number of aromatic nitrogens is 2. The standard InChI is InChI=1S/C11H15F3N2O2/c1-5(7(17)11(12,13)14)9-15-8(16-18-9)6-4-10(6,2)3/h5-7,17H,4H2,1-3H3. The Balaban J connectivity index is 2.11. The Bertz CT molecular complexity index is 442. The van der Waals surface area contributed by atoms with Gasteiger partial charge in [-0.3, -0.25) is 0 Å². The number of hydrogen-bond acceptors (Lipinski definition) is 4. The number of nitrogens with zero attached hydrogens (tertiary/aromatic N) is 2. The lowest BCUT2D eigenvalue weighted by Crippen LogP contribution is -2.33. The van der Waals surface area contributed by atoms with E-state index in [0.717, 1.165) is 6.42 Å². The summed E-state index contributed by atoms with van der Waals surface area (Å²) in [6, 6.07) is 0. The summed E-state index contributed by atoms with van der Waals surface area (Å²) in [7, 11) is 0. The molecule has 1 N–H and O–H groups in total. The van der Waals surface area contributed by atoms with E-state index in [-0.39, 0.29) is 17.2 Å². The van der Waals surface area contributed by atoms with E-state index in [2.05, 4.69) is 10.1 Å². The molecule has 1 fully saturated rings. The Morgan fingerprint density at radius 1 is 1.44 bits per heavy atom. The molecule has 0 aromatic carbocycles. The van der Waals surface area contributed by atoms with E-state index >= 15 is 0 Å². The highest BCUT2D eigenvalue weighted by Gasteiger charge is 2.50. The van der Waals surface area contributed by atoms with Crippen LogP contribution >= 0.6 is 0 Å². The first kappa shape index (κ1) is 13.3. The average Bonchev–Trinajstić information content (AvgIpc) is 2.71. The molecule has 4 nitrogen and oxygen atoms in total. The van der Waals surface area contributed by atoms with Crippen LogP contribution in [0.15, 0.2) is 4.52 Å². The fraction of sp³-hybridized carbons (Fsp3) is 0.818. The molecule has 102 valence electrons. The van der Waals surface area contributed by atoms with Gasteiger partial charge in [-0.1, -0.05) is 25.9 Å². The minimum atomic E-state index is -4.69. The van der Waals surface area contributed by atoms with Crippen LogP contribution in [0.5, 0.6) is 0 Å². The molecule has 0 bridgehead atoms. The largest absolute Gasteiger partial charge is 0.415 e. The highest BCUT2D eigenvalue weighted by molar-refractivity contribution is 5.15. The third-order valence-corrected chi connectivity index (χ3v) is 3.48. The number of alkyl halides is 3. The van der Waals surface area contributed by atoms with E-state index in [4.69, 9.17) is 9.63 Å². The fourth-order valence-electron chi connectivity index (χ4n) is 1.90. The molecular weight excluding hydrogens is 249 g/mol. The molecule has 1 aromatic rings. The first-order chi connectivity index (χ1) is 8.13. The van der Waals surface area contributed by atoms with E-state index in [9.17, 15) is 13.2 Å². The van der Waals surface area contributed by atoms with Crippen LogP contribution in [0.3, 0.4) is 0 Å². The Morgan fingerprint density at radius 3 is 2.44 bits per heavy atom. The fourth-order valence-corrected chi connectivity index (χ4v) is 1.90. The molecule has 0 saturated heterocycles. The lowest BCUT2D eigenvalue weighted by molar-refractivity contribution is -0.210. The molecule has 1 aliphatic carbocycles. The van der Waals surface area contributed by atoms with Crippen molar-refractivity contribution in [1.29, 1.82) is 0 Å². The molecule has 0 aliphatic heterocycles. The monoisotopic (exact) mass is 264 g/mol. The number of hydrogen-bond donors (Lipinski definition) is 1. The van der Waals surface area contributed by atoms with Crippen LogP contribution in [-0.4, -0.2) is 27.5 Å². The van der Waals surface area contributed by atoms with Crippen molar-refractivity contribution in [3.8, 4) is 0 Å². The van der Waals surface area contributed by atoms with Gasteiger partial charge in [0.15, 0.2) is 11.9 Å². The predicted octanol–water partition coefficient (Wildman–Crippen LogP) is 2.61. The zero-order valence-corrected chi connectivity index (χ0v) is 10.3. The van der Waals surface area contributed by atoms with E-state index in [0.29, 0.717) is 5.82 Å². The summed E-state index contributed by atoms with van der Waals surface area (Å²) >= 11 is 0. The summed E-state index contributed by atoms with van der Waals surface area (Å²) in [6.07, 6.45) is -6.28. The smallest absolute Gasteiger partial charge is 0.383 e. The van der Waals surface area contributed by atoms with Gasteiger partial charge in [0.25, 0.3) is 0 Å². The van der Waals surface area contributed by atoms with Gasteiger partial charge < -0.3 is 9.63 Å². The summed E-state index contributed by atoms with van der Waals surface area (Å²) in [4.78, 5) is 3.96. The van der Waals surface area contributed by atoms with E-state index in [1.54, 1.807) is 0 Å². The van der Waals surface area contributed by atoms with Crippen LogP contribution in [0.2, 0.25) is 0 Å². The van der Waals surface area contributed by atoms with Gasteiger partial charge in [-0.15, -0.1) is 0 Å². The second-order valence-electron chi connectivity index (χ2n) is 5.51. The normalized spacial score (nSPS) is 25.8. The minimum absolute atomic E-state index is 0.0764. The summed E-state index contributed by atoms with van der Waals surface area (Å²) in [6.45, 7) is 5.27. The second kappa shape index (κ2) is 3.94. The van der Waals surface area contributed by atoms with Gasteiger partial charge in [0.05, 0.1) is 5.92 Å². The molecule has 0 spiro atoms. The first-order valence-electron chi connectivity index (χ1n) is 5.71. The van der Waals surface area contributed by atoms with Crippen molar-refractivity contribution in [2.45, 2.75) is 51.3 Å². The summed E-state index contributed by atoms with van der Waals surface area (Å²) in [5, 5.41) is 12.8. The average molecular weight is 264 g/mol. The molecule has 0 radical (unpaired) electrons. The minimum Gasteiger partial charge on any atom is -0.383 e. The molecule has 1 heterocycles. The third-order valence-electron chi connectivity index (χ3n) is 3.48. The van der Waals surface area contributed by atoms with Gasteiger partial charge >= 0.3 is 6.18 Å². The van der Waals surface area contributed by atoms with Crippen LogP contribution in [0, 0.1) is 5.41 Å². The highest BCUT2D eigenvalue weighted by Crippen LogP contribution is 2.57. The lowest BCUT2D eigenvalue weighted by Gasteiger charge is -2.17. The van der Waals surface area contributed by atoms with Crippen molar-refractivity contribution in [2.75, 3.05) is 0 Å². The van der Waals surface area contributed by atoms with Crippen LogP contribution in [0.4, 0.5) is 13.2 Å². The van der Waals surface area contributed by atoms with Crippen molar-refractivity contribution in [3.63, 3.8) is 0 Å². The van der Waals surface area contributed by atoms with Gasteiger partial charge in [0.2, 0.25) is 5.89 Å². The number of rotatable bonds is 3. The van der Waals surface area contributed by atoms with E-state index < -0.39 is 18.2 Å². The Morgan fingerprint density at radius 2 is 2.00 bits per heavy atom. The lowest BCUT2D eigenvalue weighted by atomic mass is 10.0. The topological polar surface area (TPSA) is 59.2 Å². The molecule has 2 rings (SSSR count). The van der Waals surface area contributed by atoms with E-state index in [1.165, 1.54) is 6.92 Å². The van der Waals surface area contributed by atoms with Crippen LogP contribution < -0.4 is 0 Å². The Kier molecular flexibility index (Phi) is 2.92. The third kappa shape index (κ3) is 2.36. The molecule has 0 amide bonds. The maximum absolute atomic E-state index is 12.3. The number of aliphatic hydroxyl groups is 1. The predicted molar refractivity (Wildman–Crippen MR) is 55.9 cm³/mol. The molecule has 3 unspecified atom stereocenters. The molecule has 1 aliphatic rings. The summed E-state index contributed by atoms with van der Waals surface area (Å²) in [5.74, 6) is -0.868. The van der Waals surface area contributed by atoms with Crippen molar-refractivity contribution in [2.24, 2.45) is 5.41 Å². The van der Waals surface area contributed by atoms with Gasteiger partial charge in [0, 0.05) is 5.92 Å². The summed E-state index contributed by atoms with van der Waals surface area (Å²) in [5.41, 5.74) is 0.0764. The first-order valence-corrected chi connectivity index (χ1v) is 5.71. The van der Waals surface area contributed by atoms with Crippen LogP contribution in [0.25, 0.3) is 0 Å². The molecular formula is C11H15F3N2O2. The zero-order chi connectivity index (χ0) is 13.7. The zero-order valence-electron chi connectivity index (χ0n) is 10.3. The van der Waals surface area contributed by atoms with Crippen molar-refractivity contribution >= 4 is 0 Å². The van der Waals surface area contributed by atoms with Crippen molar-refractivity contribution < 1.29 is 22.8 Å². The highest BCUT2D eigenvalue weighted by atomic mass is 19.4. The van der Waals surface area contributed by atoms with Crippen LogP contribution in [-0.2, 0) is 0 Å². The molecule has 18 heavy (non-hydrogen) atoms. The van der Waals surface area contributed by atoms with Gasteiger partial charge in [0.1, 0.15) is 0 Å². The molecule has 3 atom stereocenters. The number of halogens is 3. The SMILES string of the molecule is CC(c1nc(C2CC2(C)C)no1)C(O)C(F)(F)F. The van der Waals surface area contributed by atoms with Crippen LogP contribution in [0.1, 0.15) is 50.7 Å². The van der Waals surface area contributed by atoms with Gasteiger partial charge in [-0.25, -0.2) is 0 Å². The maximum Gasteiger partial charge on any atom is 0.415 e. The Labute approximate surface area is 102 Å². The quantitative estimate of drug-likeness (QED) is 0.911. The Hall–Kier alpha value is -1.11. The number of aliphatic hydroxyl groups excluding tert-OH is 1. The van der Waals surface area contributed by atoms with E-state index in [1.807, 2.05) is 13.8 Å². The van der Waals surface area contributed by atoms with Gasteiger partial charge in [-0.05, 0) is 11.8 Å².